The first kappa shape index (κ1) is 21.0. The fraction of sp³-hybridized carbons (Fsp3) is 0.214. The normalized spacial score (nSPS) is 15.6. The molecule has 0 saturated heterocycles. The molecule has 164 valence electrons. The van der Waals surface area contributed by atoms with Crippen LogP contribution in [0.4, 0.5) is 0 Å². The van der Waals surface area contributed by atoms with Gasteiger partial charge in [-0.1, -0.05) is 42.2 Å². The van der Waals surface area contributed by atoms with Crippen molar-refractivity contribution in [3.63, 3.8) is 0 Å². The summed E-state index contributed by atoms with van der Waals surface area (Å²) < 4.78 is 0. The molecule has 0 bridgehead atoms. The molecule has 1 aliphatic rings. The number of aromatic nitrogens is 2. The monoisotopic (exact) mass is 435 g/mol. The summed E-state index contributed by atoms with van der Waals surface area (Å²) in [4.78, 5) is 23.8. The van der Waals surface area contributed by atoms with Gasteiger partial charge in [-0.05, 0) is 62.2 Å². The number of aliphatic hydroxyl groups is 1. The molecule has 2 aromatic heterocycles. The van der Waals surface area contributed by atoms with Crippen molar-refractivity contribution in [1.82, 2.24) is 14.9 Å². The largest absolute Gasteiger partial charge is 0.378 e. The highest BCUT2D eigenvalue weighted by Gasteiger charge is 2.35. The number of amides is 1. The predicted molar refractivity (Wildman–Crippen MR) is 129 cm³/mol. The Bertz CT molecular complexity index is 1390. The van der Waals surface area contributed by atoms with E-state index in [-0.39, 0.29) is 11.9 Å². The Hall–Kier alpha value is -3.88. The summed E-state index contributed by atoms with van der Waals surface area (Å²) in [6.45, 7) is 3.87. The van der Waals surface area contributed by atoms with Gasteiger partial charge in [-0.2, -0.15) is 0 Å². The summed E-state index contributed by atoms with van der Waals surface area (Å²) in [7, 11) is 0. The Morgan fingerprint density at radius 3 is 2.73 bits per heavy atom. The Morgan fingerprint density at radius 1 is 1.12 bits per heavy atom. The van der Waals surface area contributed by atoms with Gasteiger partial charge in [0.15, 0.2) is 0 Å². The third-order valence-corrected chi connectivity index (χ3v) is 5.89. The molecule has 2 N–H and O–H groups in total. The maximum atomic E-state index is 13.7. The number of hydrogen-bond donors (Lipinski definition) is 2. The van der Waals surface area contributed by atoms with Gasteiger partial charge < -0.3 is 15.0 Å². The summed E-state index contributed by atoms with van der Waals surface area (Å²) in [5.41, 5.74) is 4.34. The number of nitrogens with one attached hydrogen (secondary N) is 1. The Morgan fingerprint density at radius 2 is 1.94 bits per heavy atom. The molecule has 2 aromatic carbocycles. The van der Waals surface area contributed by atoms with E-state index in [1.54, 1.807) is 26.1 Å². The maximum Gasteiger partial charge on any atom is 0.254 e. The molecule has 0 spiro atoms. The lowest BCUT2D eigenvalue weighted by Gasteiger charge is -2.35. The molecule has 5 heteroatoms. The van der Waals surface area contributed by atoms with Gasteiger partial charge in [0.05, 0.1) is 5.69 Å². The van der Waals surface area contributed by atoms with E-state index in [0.717, 1.165) is 23.3 Å². The third kappa shape index (κ3) is 4.13. The number of aromatic amines is 1. The van der Waals surface area contributed by atoms with E-state index in [4.69, 9.17) is 0 Å². The van der Waals surface area contributed by atoms with Crippen LogP contribution in [0.1, 0.15) is 52.8 Å². The minimum Gasteiger partial charge on any atom is -0.378 e. The van der Waals surface area contributed by atoms with E-state index in [0.29, 0.717) is 17.7 Å². The summed E-state index contributed by atoms with van der Waals surface area (Å²) in [6, 6.07) is 21.0. The summed E-state index contributed by atoms with van der Waals surface area (Å²) in [5.74, 6) is 5.71. The van der Waals surface area contributed by atoms with Gasteiger partial charge in [0.2, 0.25) is 0 Å². The van der Waals surface area contributed by atoms with Crippen LogP contribution in [-0.2, 0) is 6.42 Å². The second kappa shape index (κ2) is 8.23. The number of nitrogens with zero attached hydrogens (tertiary/aromatic N) is 2. The van der Waals surface area contributed by atoms with Gasteiger partial charge in [0.25, 0.3) is 5.91 Å². The van der Waals surface area contributed by atoms with E-state index in [9.17, 15) is 9.90 Å². The van der Waals surface area contributed by atoms with Crippen molar-refractivity contribution < 1.29 is 9.90 Å². The number of rotatable bonds is 2. The Balaban J connectivity index is 1.57. The second-order valence-electron chi connectivity index (χ2n) is 8.86. The van der Waals surface area contributed by atoms with Crippen LogP contribution < -0.4 is 0 Å². The third-order valence-electron chi connectivity index (χ3n) is 5.89. The van der Waals surface area contributed by atoms with Crippen molar-refractivity contribution >= 4 is 16.8 Å². The second-order valence-corrected chi connectivity index (χ2v) is 8.86. The molecule has 33 heavy (non-hydrogen) atoms. The molecular formula is C28H25N3O2. The molecule has 5 rings (SSSR count). The molecule has 4 aromatic rings. The predicted octanol–water partition coefficient (Wildman–Crippen LogP) is 4.47. The smallest absolute Gasteiger partial charge is 0.254 e. The zero-order chi connectivity index (χ0) is 23.0. The number of carbonyl (C=O) groups excluding carboxylic acids is 1. The fourth-order valence-corrected chi connectivity index (χ4v) is 4.43. The molecule has 1 amide bonds. The molecule has 3 heterocycles. The molecule has 1 atom stereocenters. The van der Waals surface area contributed by atoms with E-state index >= 15 is 0 Å². The average molecular weight is 436 g/mol. The zero-order valence-corrected chi connectivity index (χ0v) is 18.7. The SMILES string of the molecule is CC(C)(O)C#Cc1cccc(C(=O)N2CCc3c([nH]c4ccccc34)[C@@H]2c2ccccn2)c1. The lowest BCUT2D eigenvalue weighted by molar-refractivity contribution is 0.0688. The summed E-state index contributed by atoms with van der Waals surface area (Å²) in [5, 5.41) is 11.1. The topological polar surface area (TPSA) is 69.2 Å². The van der Waals surface area contributed by atoms with Crippen LogP contribution in [0.5, 0.6) is 0 Å². The van der Waals surface area contributed by atoms with Gasteiger partial charge in [-0.3, -0.25) is 9.78 Å². The average Bonchev–Trinajstić information content (AvgIpc) is 3.21. The number of H-pyrrole nitrogens is 1. The quantitative estimate of drug-likeness (QED) is 0.457. The molecule has 1 aliphatic heterocycles. The van der Waals surface area contributed by atoms with Crippen LogP contribution in [0.25, 0.3) is 10.9 Å². The maximum absolute atomic E-state index is 13.7. The summed E-state index contributed by atoms with van der Waals surface area (Å²) >= 11 is 0. The van der Waals surface area contributed by atoms with Gasteiger partial charge in [0.1, 0.15) is 11.6 Å². The molecule has 0 saturated carbocycles. The number of carbonyl (C=O) groups is 1. The lowest BCUT2D eigenvalue weighted by Crippen LogP contribution is -2.41. The van der Waals surface area contributed by atoms with E-state index in [2.05, 4.69) is 33.9 Å². The Labute approximate surface area is 193 Å². The summed E-state index contributed by atoms with van der Waals surface area (Å²) in [6.07, 6.45) is 2.54. The highest BCUT2D eigenvalue weighted by molar-refractivity contribution is 5.96. The van der Waals surface area contributed by atoms with Gasteiger partial charge in [-0.15, -0.1) is 0 Å². The first-order valence-corrected chi connectivity index (χ1v) is 11.1. The fourth-order valence-electron chi connectivity index (χ4n) is 4.43. The van der Waals surface area contributed by atoms with Crippen LogP contribution >= 0.6 is 0 Å². The molecular weight excluding hydrogens is 410 g/mol. The standard InChI is InChI=1S/C28H25N3O2/c1-28(2,33)15-13-19-8-7-9-20(18-19)27(32)31-17-14-22-21-10-3-4-11-23(21)30-25(22)26(31)24-12-5-6-16-29-24/h3-12,16,18,26,30,33H,14,17H2,1-2H3/t26-/m0/s1. The number of fused-ring (bicyclic) bond motifs is 3. The Kier molecular flexibility index (Phi) is 5.24. The van der Waals surface area contributed by atoms with E-state index in [1.165, 1.54) is 10.9 Å². The van der Waals surface area contributed by atoms with E-state index in [1.807, 2.05) is 53.4 Å². The van der Waals surface area contributed by atoms with Crippen molar-refractivity contribution in [2.75, 3.05) is 6.54 Å². The van der Waals surface area contributed by atoms with E-state index < -0.39 is 5.60 Å². The molecule has 5 nitrogen and oxygen atoms in total. The number of pyridine rings is 1. The van der Waals surface area contributed by atoms with Crippen molar-refractivity contribution in [2.45, 2.75) is 31.9 Å². The van der Waals surface area contributed by atoms with Gasteiger partial charge >= 0.3 is 0 Å². The number of hydrogen-bond acceptors (Lipinski definition) is 3. The van der Waals surface area contributed by atoms with Crippen molar-refractivity contribution in [3.05, 3.63) is 101 Å². The lowest BCUT2D eigenvalue weighted by atomic mass is 9.94. The molecule has 0 fully saturated rings. The molecule has 0 radical (unpaired) electrons. The first-order chi connectivity index (χ1) is 15.9. The minimum absolute atomic E-state index is 0.0677. The van der Waals surface area contributed by atoms with Crippen molar-refractivity contribution in [1.29, 1.82) is 0 Å². The van der Waals surface area contributed by atoms with Crippen LogP contribution in [0, 0.1) is 11.8 Å². The first-order valence-electron chi connectivity index (χ1n) is 11.1. The molecule has 0 aliphatic carbocycles. The number of benzene rings is 2. The van der Waals surface area contributed by atoms with Crippen molar-refractivity contribution in [3.8, 4) is 11.8 Å². The highest BCUT2D eigenvalue weighted by atomic mass is 16.3. The molecule has 0 unspecified atom stereocenters. The zero-order valence-electron chi connectivity index (χ0n) is 18.7. The van der Waals surface area contributed by atoms with Gasteiger partial charge in [0, 0.05) is 40.5 Å². The van der Waals surface area contributed by atoms with Gasteiger partial charge in [-0.25, -0.2) is 0 Å². The number of para-hydroxylation sites is 1. The minimum atomic E-state index is -1.09. The highest BCUT2D eigenvalue weighted by Crippen LogP contribution is 2.38. The van der Waals surface area contributed by atoms with Crippen molar-refractivity contribution in [2.24, 2.45) is 0 Å². The van der Waals surface area contributed by atoms with Crippen LogP contribution in [0.2, 0.25) is 0 Å². The van der Waals surface area contributed by atoms with Crippen LogP contribution in [0.3, 0.4) is 0 Å². The van der Waals surface area contributed by atoms with Crippen LogP contribution in [-0.4, -0.2) is 38.0 Å². The van der Waals surface area contributed by atoms with Crippen LogP contribution in [0.15, 0.2) is 72.9 Å².